The van der Waals surface area contributed by atoms with Crippen molar-refractivity contribution in [1.82, 2.24) is 9.62 Å². The number of carboxylic acid groups (broad SMARTS) is 1. The Bertz CT molecular complexity index is 1350. The maximum absolute atomic E-state index is 13.6. The molecule has 0 atom stereocenters. The van der Waals surface area contributed by atoms with Crippen molar-refractivity contribution < 1.29 is 23.1 Å². The Morgan fingerprint density at radius 2 is 1.53 bits per heavy atom. The summed E-state index contributed by atoms with van der Waals surface area (Å²) in [6.07, 6.45) is 2.97. The SMILES string of the molecule is Cc1ccccc1CN(CC1CCC(C(=O)NCc2ccc(C(=O)O)cc2)CC1)S(=O)(=O)c1ccccc1. The van der Waals surface area contributed by atoms with Crippen LogP contribution < -0.4 is 5.32 Å². The molecule has 1 aliphatic carbocycles. The molecule has 1 aliphatic rings. The van der Waals surface area contributed by atoms with Gasteiger partial charge in [0, 0.05) is 25.6 Å². The average Bonchev–Trinajstić information content (AvgIpc) is 2.93. The number of hydrogen-bond donors (Lipinski definition) is 2. The average molecular weight is 535 g/mol. The van der Waals surface area contributed by atoms with E-state index in [1.54, 1.807) is 40.7 Å². The fourth-order valence-electron chi connectivity index (χ4n) is 4.96. The smallest absolute Gasteiger partial charge is 0.335 e. The van der Waals surface area contributed by atoms with Crippen LogP contribution >= 0.6 is 0 Å². The number of amides is 1. The van der Waals surface area contributed by atoms with Gasteiger partial charge in [-0.3, -0.25) is 4.79 Å². The van der Waals surface area contributed by atoms with Crippen LogP contribution in [0.15, 0.2) is 83.8 Å². The van der Waals surface area contributed by atoms with Crippen LogP contribution in [0, 0.1) is 18.8 Å². The van der Waals surface area contributed by atoms with Gasteiger partial charge in [0.15, 0.2) is 0 Å². The van der Waals surface area contributed by atoms with E-state index in [1.807, 2.05) is 37.3 Å². The highest BCUT2D eigenvalue weighted by Crippen LogP contribution is 2.32. The Hall–Kier alpha value is -3.49. The van der Waals surface area contributed by atoms with Gasteiger partial charge in [0.05, 0.1) is 10.5 Å². The van der Waals surface area contributed by atoms with Crippen molar-refractivity contribution in [2.45, 2.75) is 50.6 Å². The minimum absolute atomic E-state index is 0.0144. The summed E-state index contributed by atoms with van der Waals surface area (Å²) in [6, 6.07) is 22.9. The Kier molecular flexibility index (Phi) is 8.97. The number of nitrogens with one attached hydrogen (secondary N) is 1. The first-order valence-corrected chi connectivity index (χ1v) is 14.4. The van der Waals surface area contributed by atoms with Crippen LogP contribution in [0.1, 0.15) is 52.7 Å². The van der Waals surface area contributed by atoms with Crippen molar-refractivity contribution in [2.24, 2.45) is 11.8 Å². The molecule has 38 heavy (non-hydrogen) atoms. The van der Waals surface area contributed by atoms with E-state index >= 15 is 0 Å². The molecular formula is C30H34N2O5S. The van der Waals surface area contributed by atoms with Gasteiger partial charge in [-0.15, -0.1) is 0 Å². The predicted molar refractivity (Wildman–Crippen MR) is 146 cm³/mol. The fourth-order valence-corrected chi connectivity index (χ4v) is 6.48. The molecule has 0 aromatic heterocycles. The summed E-state index contributed by atoms with van der Waals surface area (Å²) in [6.45, 7) is 3.06. The fraction of sp³-hybridized carbons (Fsp3) is 0.333. The normalized spacial score (nSPS) is 17.7. The van der Waals surface area contributed by atoms with Crippen molar-refractivity contribution >= 4 is 21.9 Å². The number of carbonyl (C=O) groups excluding carboxylic acids is 1. The number of sulfonamides is 1. The molecule has 0 heterocycles. The first-order chi connectivity index (χ1) is 18.2. The van der Waals surface area contributed by atoms with Crippen molar-refractivity contribution in [3.8, 4) is 0 Å². The maximum Gasteiger partial charge on any atom is 0.335 e. The molecule has 4 rings (SSSR count). The number of rotatable bonds is 10. The second-order valence-corrected chi connectivity index (χ2v) is 11.9. The molecule has 0 saturated heterocycles. The number of aryl methyl sites for hydroxylation is 1. The Balaban J connectivity index is 1.37. The predicted octanol–water partition coefficient (Wildman–Crippen LogP) is 5.01. The number of carbonyl (C=O) groups is 2. The van der Waals surface area contributed by atoms with E-state index in [-0.39, 0.29) is 28.2 Å². The molecule has 1 amide bonds. The van der Waals surface area contributed by atoms with Crippen molar-refractivity contribution in [2.75, 3.05) is 6.54 Å². The Labute approximate surface area is 224 Å². The van der Waals surface area contributed by atoms with Crippen LogP contribution in [0.5, 0.6) is 0 Å². The number of benzene rings is 3. The molecule has 0 spiro atoms. The van der Waals surface area contributed by atoms with Crippen LogP contribution in [0.3, 0.4) is 0 Å². The first-order valence-electron chi connectivity index (χ1n) is 12.9. The van der Waals surface area contributed by atoms with E-state index in [1.165, 1.54) is 12.1 Å². The zero-order valence-corrected chi connectivity index (χ0v) is 22.4. The molecule has 200 valence electrons. The Morgan fingerprint density at radius 3 is 2.16 bits per heavy atom. The van der Waals surface area contributed by atoms with Gasteiger partial charge in [0.25, 0.3) is 0 Å². The van der Waals surface area contributed by atoms with Crippen molar-refractivity contribution in [1.29, 1.82) is 0 Å². The summed E-state index contributed by atoms with van der Waals surface area (Å²) < 4.78 is 28.8. The summed E-state index contributed by atoms with van der Waals surface area (Å²) in [5, 5.41) is 12.0. The number of hydrogen-bond acceptors (Lipinski definition) is 4. The highest BCUT2D eigenvalue weighted by Gasteiger charge is 2.31. The maximum atomic E-state index is 13.6. The zero-order chi connectivity index (χ0) is 27.1. The zero-order valence-electron chi connectivity index (χ0n) is 21.5. The van der Waals surface area contributed by atoms with Crippen LogP contribution in [0.2, 0.25) is 0 Å². The third-order valence-corrected chi connectivity index (χ3v) is 9.16. The monoisotopic (exact) mass is 534 g/mol. The van der Waals surface area contributed by atoms with E-state index < -0.39 is 16.0 Å². The lowest BCUT2D eigenvalue weighted by Gasteiger charge is -2.32. The topological polar surface area (TPSA) is 104 Å². The first kappa shape index (κ1) is 27.5. The molecule has 3 aromatic carbocycles. The van der Waals surface area contributed by atoms with E-state index in [4.69, 9.17) is 5.11 Å². The number of aromatic carboxylic acids is 1. The third-order valence-electron chi connectivity index (χ3n) is 7.34. The minimum atomic E-state index is -3.68. The van der Waals surface area contributed by atoms with Gasteiger partial charge in [-0.05, 0) is 79.5 Å². The molecule has 2 N–H and O–H groups in total. The number of nitrogens with zero attached hydrogens (tertiary/aromatic N) is 1. The second kappa shape index (κ2) is 12.4. The lowest BCUT2D eigenvalue weighted by Crippen LogP contribution is -2.38. The third kappa shape index (κ3) is 6.88. The van der Waals surface area contributed by atoms with E-state index in [0.29, 0.717) is 32.5 Å². The molecule has 3 aromatic rings. The van der Waals surface area contributed by atoms with Crippen LogP contribution in [0.25, 0.3) is 0 Å². The molecule has 0 radical (unpaired) electrons. The van der Waals surface area contributed by atoms with Gasteiger partial charge in [-0.25, -0.2) is 13.2 Å². The van der Waals surface area contributed by atoms with Gasteiger partial charge in [-0.1, -0.05) is 54.6 Å². The standard InChI is InChI=1S/C30H34N2O5S/c1-22-7-5-6-8-27(22)21-32(38(36,37)28-9-3-2-4-10-28)20-24-13-15-25(16-14-24)29(33)31-19-23-11-17-26(18-12-23)30(34)35/h2-12,17-18,24-25H,13-16,19-21H2,1H3,(H,31,33)(H,34,35). The second-order valence-electron chi connectivity index (χ2n) is 9.97. The highest BCUT2D eigenvalue weighted by molar-refractivity contribution is 7.89. The van der Waals surface area contributed by atoms with E-state index in [0.717, 1.165) is 29.5 Å². The summed E-state index contributed by atoms with van der Waals surface area (Å²) in [5.74, 6) is -0.934. The van der Waals surface area contributed by atoms with E-state index in [9.17, 15) is 18.0 Å². The molecule has 0 unspecified atom stereocenters. The van der Waals surface area contributed by atoms with Gasteiger partial charge >= 0.3 is 5.97 Å². The lowest BCUT2D eigenvalue weighted by molar-refractivity contribution is -0.126. The summed E-state index contributed by atoms with van der Waals surface area (Å²) in [7, 11) is -3.68. The summed E-state index contributed by atoms with van der Waals surface area (Å²) in [5.41, 5.74) is 3.09. The Morgan fingerprint density at radius 1 is 0.895 bits per heavy atom. The lowest BCUT2D eigenvalue weighted by atomic mass is 9.81. The van der Waals surface area contributed by atoms with Crippen LogP contribution in [-0.2, 0) is 27.9 Å². The molecule has 7 nitrogen and oxygen atoms in total. The van der Waals surface area contributed by atoms with Gasteiger partial charge in [0.2, 0.25) is 15.9 Å². The summed E-state index contributed by atoms with van der Waals surface area (Å²) >= 11 is 0. The van der Waals surface area contributed by atoms with Crippen molar-refractivity contribution in [3.63, 3.8) is 0 Å². The highest BCUT2D eigenvalue weighted by atomic mass is 32.2. The molecule has 0 bridgehead atoms. The molecular weight excluding hydrogens is 500 g/mol. The minimum Gasteiger partial charge on any atom is -0.478 e. The van der Waals surface area contributed by atoms with E-state index in [2.05, 4.69) is 5.32 Å². The van der Waals surface area contributed by atoms with Crippen molar-refractivity contribution in [3.05, 3.63) is 101 Å². The van der Waals surface area contributed by atoms with Gasteiger partial charge in [-0.2, -0.15) is 4.31 Å². The summed E-state index contributed by atoms with van der Waals surface area (Å²) in [4.78, 5) is 24.1. The molecule has 0 aliphatic heterocycles. The van der Waals surface area contributed by atoms with Crippen LogP contribution in [-0.4, -0.2) is 36.3 Å². The largest absolute Gasteiger partial charge is 0.478 e. The number of carboxylic acids is 1. The molecule has 8 heteroatoms. The molecule has 1 fully saturated rings. The quantitative estimate of drug-likeness (QED) is 0.381. The van der Waals surface area contributed by atoms with Crippen LogP contribution in [0.4, 0.5) is 0 Å². The van der Waals surface area contributed by atoms with Gasteiger partial charge < -0.3 is 10.4 Å². The van der Waals surface area contributed by atoms with Gasteiger partial charge in [0.1, 0.15) is 0 Å². The molecule has 1 saturated carbocycles.